The Kier molecular flexibility index (Phi) is 7.41. The van der Waals surface area contributed by atoms with Gasteiger partial charge in [0.15, 0.2) is 11.0 Å². The van der Waals surface area contributed by atoms with Gasteiger partial charge in [0.25, 0.3) is 5.56 Å². The molecule has 1 saturated carbocycles. The van der Waals surface area contributed by atoms with Crippen molar-refractivity contribution in [3.05, 3.63) is 46.4 Å². The van der Waals surface area contributed by atoms with Crippen LogP contribution >= 0.6 is 11.8 Å². The summed E-state index contributed by atoms with van der Waals surface area (Å²) in [5.74, 6) is 0.0275. The molecule has 2 N–H and O–H groups in total. The summed E-state index contributed by atoms with van der Waals surface area (Å²) < 4.78 is 3.48. The maximum Gasteiger partial charge on any atom is 0.321 e. The molecule has 0 aromatic heterocycles. The van der Waals surface area contributed by atoms with E-state index < -0.39 is 11.3 Å². The van der Waals surface area contributed by atoms with Crippen LogP contribution in [0.4, 0.5) is 4.79 Å². The zero-order valence-corrected chi connectivity index (χ0v) is 21.4. The highest BCUT2D eigenvalue weighted by molar-refractivity contribution is 8.00. The van der Waals surface area contributed by atoms with E-state index in [1.54, 1.807) is 6.92 Å². The molecule has 9 nitrogen and oxygen atoms in total. The van der Waals surface area contributed by atoms with Crippen molar-refractivity contribution in [3.63, 3.8) is 0 Å². The van der Waals surface area contributed by atoms with Crippen molar-refractivity contribution < 1.29 is 9.59 Å². The van der Waals surface area contributed by atoms with Gasteiger partial charge >= 0.3 is 6.03 Å². The Bertz CT molecular complexity index is 1260. The van der Waals surface area contributed by atoms with Crippen LogP contribution in [0, 0.1) is 0 Å². The number of urea groups is 1. The van der Waals surface area contributed by atoms with Crippen LogP contribution in [0.2, 0.25) is 0 Å². The Balaban J connectivity index is 1.40. The number of benzene rings is 1. The second kappa shape index (κ2) is 10.9. The zero-order chi connectivity index (χ0) is 25.1. The predicted octanol–water partition coefficient (Wildman–Crippen LogP) is 3.90. The molecule has 190 valence electrons. The van der Waals surface area contributed by atoms with Gasteiger partial charge in [0, 0.05) is 18.3 Å². The molecule has 3 amide bonds. The Morgan fingerprint density at radius 3 is 2.58 bits per heavy atom. The van der Waals surface area contributed by atoms with E-state index in [9.17, 15) is 14.4 Å². The summed E-state index contributed by atoms with van der Waals surface area (Å²) in [6, 6.07) is 9.02. The molecule has 1 fully saturated rings. The molecule has 36 heavy (non-hydrogen) atoms. The molecule has 1 aliphatic carbocycles. The Hall–Kier alpha value is -3.14. The predicted molar refractivity (Wildman–Crippen MR) is 139 cm³/mol. The van der Waals surface area contributed by atoms with Crippen LogP contribution in [0.1, 0.15) is 64.0 Å². The molecule has 10 heteroatoms. The number of carbonyl (C=O) groups excluding carboxylic acids is 2. The molecule has 3 aliphatic heterocycles. The van der Waals surface area contributed by atoms with Crippen molar-refractivity contribution in [3.8, 4) is 17.1 Å². The third-order valence-corrected chi connectivity index (χ3v) is 8.09. The number of thioether (sulfide) groups is 1. The molecule has 5 rings (SSSR count). The zero-order valence-electron chi connectivity index (χ0n) is 20.5. The van der Waals surface area contributed by atoms with Gasteiger partial charge in [0.1, 0.15) is 5.56 Å². The second-order valence-electron chi connectivity index (χ2n) is 9.61. The van der Waals surface area contributed by atoms with E-state index in [-0.39, 0.29) is 17.5 Å². The number of nitrogens with one attached hydrogen (secondary N) is 2. The molecule has 1 atom stereocenters. The first-order valence-corrected chi connectivity index (χ1v) is 13.7. The van der Waals surface area contributed by atoms with Gasteiger partial charge in [-0.05, 0) is 51.2 Å². The van der Waals surface area contributed by atoms with Crippen LogP contribution in [0.3, 0.4) is 0 Å². The van der Waals surface area contributed by atoms with Crippen molar-refractivity contribution >= 4 is 23.7 Å². The standard InChI is InChI=1S/C26H32N6O3S/c1-17(23(33)29-25(35)27-18-11-5-2-6-12-18)36-26-28-22-21(20-15-9-4-10-16-31(20)26)24(34)32(30-22)19-13-7-3-8-14-19/h3,7-8,13-14,17-18H,2,4-6,9-12,15-16H2,1H3,(H2,27,29,33,35). The largest absolute Gasteiger partial charge is 0.335 e. The lowest BCUT2D eigenvalue weighted by Crippen LogP contribution is -2.47. The van der Waals surface area contributed by atoms with Gasteiger partial charge in [0.05, 0.1) is 10.9 Å². The average Bonchev–Trinajstić information content (AvgIpc) is 3.04. The van der Waals surface area contributed by atoms with Gasteiger partial charge in [-0.1, -0.05) is 55.6 Å². The highest BCUT2D eigenvalue weighted by atomic mass is 32.2. The van der Waals surface area contributed by atoms with Gasteiger partial charge in [0.2, 0.25) is 5.91 Å². The number of hydrogen-bond donors (Lipinski definition) is 2. The number of nitrogens with zero attached hydrogens (tertiary/aromatic N) is 4. The SMILES string of the molecule is CC(Sc1nc2nn(-c3ccccc3)c(=O)c-2c2n1CCCCC2)C(=O)NC(=O)NC1CCCCC1. The van der Waals surface area contributed by atoms with Gasteiger partial charge in [-0.25, -0.2) is 9.78 Å². The van der Waals surface area contributed by atoms with Crippen LogP contribution < -0.4 is 16.2 Å². The van der Waals surface area contributed by atoms with Crippen molar-refractivity contribution in [2.45, 2.75) is 87.7 Å². The Morgan fingerprint density at radius 2 is 1.81 bits per heavy atom. The third-order valence-electron chi connectivity index (χ3n) is 7.00. The summed E-state index contributed by atoms with van der Waals surface area (Å²) in [7, 11) is 0. The maximum atomic E-state index is 13.4. The minimum atomic E-state index is -0.546. The monoisotopic (exact) mass is 508 g/mol. The van der Waals surface area contributed by atoms with E-state index in [0.717, 1.165) is 63.6 Å². The average molecular weight is 509 g/mol. The van der Waals surface area contributed by atoms with Crippen molar-refractivity contribution in [2.75, 3.05) is 0 Å². The molecule has 1 unspecified atom stereocenters. The fraction of sp³-hybridized carbons (Fsp3) is 0.500. The Morgan fingerprint density at radius 1 is 1.06 bits per heavy atom. The summed E-state index contributed by atoms with van der Waals surface area (Å²) >= 11 is 1.30. The first kappa shape index (κ1) is 24.5. The number of rotatable bonds is 5. The van der Waals surface area contributed by atoms with Crippen LogP contribution in [-0.2, 0) is 17.8 Å². The summed E-state index contributed by atoms with van der Waals surface area (Å²) in [6.07, 6.45) is 9.09. The Labute approximate surface area is 214 Å². The van der Waals surface area contributed by atoms with E-state index in [4.69, 9.17) is 4.98 Å². The molecule has 1 aromatic carbocycles. The lowest BCUT2D eigenvalue weighted by atomic mass is 9.96. The summed E-state index contributed by atoms with van der Waals surface area (Å²) in [4.78, 5) is 43.3. The van der Waals surface area contributed by atoms with E-state index >= 15 is 0 Å². The number of amides is 3. The second-order valence-corrected chi connectivity index (χ2v) is 10.9. The van der Waals surface area contributed by atoms with E-state index in [1.807, 2.05) is 30.3 Å². The van der Waals surface area contributed by atoms with Crippen molar-refractivity contribution in [2.24, 2.45) is 0 Å². The number of imide groups is 1. The van der Waals surface area contributed by atoms with Crippen molar-refractivity contribution in [1.82, 2.24) is 30.0 Å². The van der Waals surface area contributed by atoms with Crippen LogP contribution in [0.5, 0.6) is 0 Å². The maximum absolute atomic E-state index is 13.4. The molecule has 4 aliphatic rings. The number of aromatic nitrogens is 4. The van der Waals surface area contributed by atoms with E-state index in [2.05, 4.69) is 20.3 Å². The lowest BCUT2D eigenvalue weighted by Gasteiger charge is -2.23. The highest BCUT2D eigenvalue weighted by Gasteiger charge is 2.29. The van der Waals surface area contributed by atoms with Gasteiger partial charge in [-0.15, -0.1) is 5.10 Å². The van der Waals surface area contributed by atoms with Gasteiger partial charge < -0.3 is 9.88 Å². The molecule has 3 heterocycles. The lowest BCUT2D eigenvalue weighted by molar-refractivity contribution is -0.119. The fourth-order valence-electron chi connectivity index (χ4n) is 5.08. The molecular formula is C26H32N6O3S. The number of hydrogen-bond acceptors (Lipinski definition) is 6. The first-order valence-electron chi connectivity index (χ1n) is 12.9. The molecule has 0 bridgehead atoms. The van der Waals surface area contributed by atoms with E-state index in [1.165, 1.54) is 22.9 Å². The number of carbonyl (C=O) groups is 2. The smallest absolute Gasteiger partial charge is 0.321 e. The quantitative estimate of drug-likeness (QED) is 0.400. The molecular weight excluding hydrogens is 476 g/mol. The topological polar surface area (TPSA) is 111 Å². The highest BCUT2D eigenvalue weighted by Crippen LogP contribution is 2.32. The first-order chi connectivity index (χ1) is 17.5. The fourth-order valence-corrected chi connectivity index (χ4v) is 6.03. The van der Waals surface area contributed by atoms with Crippen molar-refractivity contribution in [1.29, 1.82) is 0 Å². The number of fused-ring (bicyclic) bond motifs is 3. The van der Waals surface area contributed by atoms with E-state index in [0.29, 0.717) is 22.2 Å². The normalized spacial score (nSPS) is 17.2. The molecule has 0 saturated heterocycles. The number of para-hydroxylation sites is 1. The minimum absolute atomic E-state index is 0.130. The molecule has 0 radical (unpaired) electrons. The van der Waals surface area contributed by atoms with Crippen LogP contribution in [0.25, 0.3) is 17.1 Å². The summed E-state index contributed by atoms with van der Waals surface area (Å²) in [5.41, 5.74) is 2.00. The van der Waals surface area contributed by atoms with Gasteiger partial charge in [-0.2, -0.15) is 4.68 Å². The van der Waals surface area contributed by atoms with Crippen LogP contribution in [-0.4, -0.2) is 42.6 Å². The summed E-state index contributed by atoms with van der Waals surface area (Å²) in [5, 5.41) is 10.1. The molecule has 1 aromatic rings. The summed E-state index contributed by atoms with van der Waals surface area (Å²) in [6.45, 7) is 2.50. The molecule has 0 spiro atoms. The third kappa shape index (κ3) is 5.18. The van der Waals surface area contributed by atoms with Gasteiger partial charge in [-0.3, -0.25) is 14.9 Å². The van der Waals surface area contributed by atoms with Crippen LogP contribution in [0.15, 0.2) is 40.3 Å². The minimum Gasteiger partial charge on any atom is -0.335 e.